The van der Waals surface area contributed by atoms with Gasteiger partial charge < -0.3 is 0 Å². The molecular formula is C66H44. The summed E-state index contributed by atoms with van der Waals surface area (Å²) in [5.74, 6) is 0. The number of hydrogen-bond acceptors (Lipinski definition) is 0. The van der Waals surface area contributed by atoms with Gasteiger partial charge in [-0.3, -0.25) is 0 Å². The third-order valence-corrected chi connectivity index (χ3v) is 16.0. The Hall–Kier alpha value is -7.80. The van der Waals surface area contributed by atoms with E-state index in [4.69, 9.17) is 0 Å². The second-order valence-corrected chi connectivity index (χ2v) is 20.4. The van der Waals surface area contributed by atoms with E-state index in [-0.39, 0.29) is 5.41 Å². The number of benzene rings is 13. The molecule has 0 radical (unpaired) electrons. The number of rotatable bonds is 2. The summed E-state index contributed by atoms with van der Waals surface area (Å²) in [4.78, 5) is 0. The van der Waals surface area contributed by atoms with Gasteiger partial charge in [-0.05, 0) is 184 Å². The molecule has 0 unspecified atom stereocenters. The molecule has 0 amide bonds. The quantitative estimate of drug-likeness (QED) is 0.152. The molecule has 0 saturated carbocycles. The number of hydrogen-bond donors (Lipinski definition) is 0. The van der Waals surface area contributed by atoms with Crippen molar-refractivity contribution in [1.29, 1.82) is 0 Å². The normalized spacial score (nSPS) is 13.9. The molecule has 0 aliphatic heterocycles. The molecule has 0 aromatic heterocycles. The fourth-order valence-electron chi connectivity index (χ4n) is 13.1. The maximum atomic E-state index is 2.55. The fraction of sp³-hybridized carbons (Fsp3) is 0.0909. The van der Waals surface area contributed by atoms with Crippen molar-refractivity contribution in [3.63, 3.8) is 0 Å². The summed E-state index contributed by atoms with van der Waals surface area (Å²) in [7, 11) is 0. The van der Waals surface area contributed by atoms with Crippen LogP contribution in [-0.4, -0.2) is 0 Å². The van der Waals surface area contributed by atoms with Gasteiger partial charge in [0.25, 0.3) is 0 Å². The van der Waals surface area contributed by atoms with E-state index in [0.717, 1.165) is 0 Å². The van der Waals surface area contributed by atoms with E-state index in [0.29, 0.717) is 0 Å². The number of fused-ring (bicyclic) bond motifs is 12. The van der Waals surface area contributed by atoms with Crippen LogP contribution in [0.4, 0.5) is 0 Å². The van der Waals surface area contributed by atoms with Gasteiger partial charge in [0.1, 0.15) is 0 Å². The van der Waals surface area contributed by atoms with Crippen LogP contribution >= 0.6 is 0 Å². The monoisotopic (exact) mass is 836 g/mol. The molecular weight excluding hydrogens is 793 g/mol. The van der Waals surface area contributed by atoms with E-state index in [2.05, 4.69) is 222 Å². The van der Waals surface area contributed by atoms with Crippen LogP contribution < -0.4 is 0 Å². The Labute approximate surface area is 384 Å². The standard InChI is InChI=1S/C66H44/c1-37-31-40-25-26-49(54-28-23-38-11-9-14-47(37)62(38)63(40)54)48-15-10-16-55-50(48)29-30-56-53-27-24-39(36-59(53)66(64(55)56)57-17-7-5-12-51(57)52-13-6-8-18-58(52)66)45-32-41-19-21-43-34-46(65(2,3)4)35-44-22-20-42(33-45)60(41)61(43)44/h5-36H,1-4H3. The summed E-state index contributed by atoms with van der Waals surface area (Å²) in [5.41, 5.74) is 18.1. The molecule has 2 aliphatic carbocycles. The lowest BCUT2D eigenvalue weighted by Crippen LogP contribution is -2.26. The summed E-state index contributed by atoms with van der Waals surface area (Å²) in [6.07, 6.45) is 0. The smallest absolute Gasteiger partial charge is 0.0619 e. The number of aryl methyl sites for hydroxylation is 1. The van der Waals surface area contributed by atoms with Gasteiger partial charge >= 0.3 is 0 Å². The molecule has 0 heterocycles. The van der Waals surface area contributed by atoms with Crippen LogP contribution in [0, 0.1) is 6.92 Å². The van der Waals surface area contributed by atoms with Gasteiger partial charge in [0.05, 0.1) is 5.41 Å². The van der Waals surface area contributed by atoms with Crippen molar-refractivity contribution in [2.75, 3.05) is 0 Å². The van der Waals surface area contributed by atoms with Crippen molar-refractivity contribution < 1.29 is 0 Å². The molecule has 0 fully saturated rings. The third kappa shape index (κ3) is 4.54. The van der Waals surface area contributed by atoms with Gasteiger partial charge in [0.2, 0.25) is 0 Å². The molecule has 15 rings (SSSR count). The second kappa shape index (κ2) is 12.5. The van der Waals surface area contributed by atoms with Gasteiger partial charge in [0.15, 0.2) is 0 Å². The van der Waals surface area contributed by atoms with Gasteiger partial charge in [0, 0.05) is 0 Å². The van der Waals surface area contributed by atoms with E-state index in [9.17, 15) is 0 Å². The molecule has 13 aromatic rings. The molecule has 0 saturated heterocycles. The minimum Gasteiger partial charge on any atom is -0.0619 e. The maximum Gasteiger partial charge on any atom is 0.0731 e. The molecule has 0 heteroatoms. The van der Waals surface area contributed by atoms with Crippen LogP contribution in [0.3, 0.4) is 0 Å². The highest BCUT2D eigenvalue weighted by Crippen LogP contribution is 2.65. The Bertz CT molecular complexity index is 4150. The van der Waals surface area contributed by atoms with Gasteiger partial charge in [-0.2, -0.15) is 0 Å². The van der Waals surface area contributed by atoms with E-state index in [1.807, 2.05) is 0 Å². The van der Waals surface area contributed by atoms with E-state index in [1.54, 1.807) is 0 Å². The van der Waals surface area contributed by atoms with E-state index in [1.165, 1.54) is 153 Å². The SMILES string of the molecule is Cc1cc2ccc(-c3cccc4c5c(ccc34)-c3ccc(-c4cc6ccc7cc(C(C)(C)C)cc8ccc(c4)c6c78)cc3C53c4ccccc4-c4ccccc43)c3ccc4cccc1c4c23. The summed E-state index contributed by atoms with van der Waals surface area (Å²) < 4.78 is 0. The highest BCUT2D eigenvalue weighted by atomic mass is 14.5. The van der Waals surface area contributed by atoms with Gasteiger partial charge in [-0.15, -0.1) is 0 Å². The van der Waals surface area contributed by atoms with Gasteiger partial charge in [-0.25, -0.2) is 0 Å². The summed E-state index contributed by atoms with van der Waals surface area (Å²) >= 11 is 0. The first kappa shape index (κ1) is 36.5. The van der Waals surface area contributed by atoms with Crippen LogP contribution in [0.25, 0.3) is 120 Å². The first-order valence-corrected chi connectivity index (χ1v) is 23.6. The molecule has 0 N–H and O–H groups in total. The summed E-state index contributed by atoms with van der Waals surface area (Å²) in [5, 5.41) is 18.6. The van der Waals surface area contributed by atoms with Crippen LogP contribution in [0.15, 0.2) is 194 Å². The molecule has 66 heavy (non-hydrogen) atoms. The minimum absolute atomic E-state index is 0.0848. The molecule has 13 aromatic carbocycles. The largest absolute Gasteiger partial charge is 0.0731 e. The Kier molecular flexibility index (Phi) is 6.92. The predicted octanol–water partition coefficient (Wildman–Crippen LogP) is 17.9. The predicted molar refractivity (Wildman–Crippen MR) is 282 cm³/mol. The Morgan fingerprint density at radius 1 is 0.318 bits per heavy atom. The lowest BCUT2D eigenvalue weighted by molar-refractivity contribution is 0.591. The van der Waals surface area contributed by atoms with E-state index < -0.39 is 5.41 Å². The lowest BCUT2D eigenvalue weighted by atomic mass is 9.69. The highest BCUT2D eigenvalue weighted by Gasteiger charge is 2.52. The van der Waals surface area contributed by atoms with Crippen molar-refractivity contribution in [2.45, 2.75) is 38.5 Å². The molecule has 0 bridgehead atoms. The Balaban J connectivity index is 0.984. The molecule has 1 spiro atoms. The lowest BCUT2D eigenvalue weighted by Gasteiger charge is -2.32. The summed E-state index contributed by atoms with van der Waals surface area (Å²) in [6.45, 7) is 9.18. The van der Waals surface area contributed by atoms with Crippen molar-refractivity contribution in [3.05, 3.63) is 228 Å². The van der Waals surface area contributed by atoms with Crippen molar-refractivity contribution >= 4 is 75.4 Å². The Morgan fingerprint density at radius 3 is 1.55 bits per heavy atom. The summed E-state index contributed by atoms with van der Waals surface area (Å²) in [6, 6.07) is 75.3. The second-order valence-electron chi connectivity index (χ2n) is 20.4. The van der Waals surface area contributed by atoms with Crippen LogP contribution in [0.5, 0.6) is 0 Å². The first-order valence-electron chi connectivity index (χ1n) is 23.6. The van der Waals surface area contributed by atoms with Crippen molar-refractivity contribution in [2.24, 2.45) is 0 Å². The highest BCUT2D eigenvalue weighted by molar-refractivity contribution is 6.27. The maximum absolute atomic E-state index is 2.55. The van der Waals surface area contributed by atoms with Crippen molar-refractivity contribution in [3.8, 4) is 44.5 Å². The average molecular weight is 837 g/mol. The van der Waals surface area contributed by atoms with Crippen LogP contribution in [0.1, 0.15) is 54.2 Å². The zero-order valence-corrected chi connectivity index (χ0v) is 37.5. The molecule has 2 aliphatic rings. The van der Waals surface area contributed by atoms with Gasteiger partial charge in [-0.1, -0.05) is 197 Å². The first-order chi connectivity index (χ1) is 32.3. The molecule has 0 nitrogen and oxygen atoms in total. The Morgan fingerprint density at radius 2 is 0.833 bits per heavy atom. The van der Waals surface area contributed by atoms with E-state index >= 15 is 0 Å². The average Bonchev–Trinajstić information content (AvgIpc) is 3.81. The topological polar surface area (TPSA) is 0 Å². The zero-order valence-electron chi connectivity index (χ0n) is 37.5. The molecule has 0 atom stereocenters. The zero-order chi connectivity index (χ0) is 43.8. The van der Waals surface area contributed by atoms with Crippen LogP contribution in [-0.2, 0) is 10.8 Å². The minimum atomic E-state index is -0.507. The van der Waals surface area contributed by atoms with Crippen molar-refractivity contribution in [1.82, 2.24) is 0 Å². The fourth-order valence-corrected chi connectivity index (χ4v) is 13.1. The van der Waals surface area contributed by atoms with Crippen LogP contribution in [0.2, 0.25) is 0 Å². The third-order valence-electron chi connectivity index (χ3n) is 16.0. The molecule has 308 valence electrons.